The van der Waals surface area contributed by atoms with Crippen LogP contribution in [0.1, 0.15) is 42.3 Å². The van der Waals surface area contributed by atoms with Crippen LogP contribution in [0.25, 0.3) is 0 Å². The highest BCUT2D eigenvalue weighted by molar-refractivity contribution is 9.11. The molecule has 0 aliphatic heterocycles. The summed E-state index contributed by atoms with van der Waals surface area (Å²) in [6, 6.07) is 8.89. The molecule has 0 saturated heterocycles. The van der Waals surface area contributed by atoms with Gasteiger partial charge in [0.15, 0.2) is 0 Å². The maximum Gasteiger partial charge on any atom is 0.0685 e. The molecule has 0 bridgehead atoms. The molecule has 2 rings (SSSR count). The van der Waals surface area contributed by atoms with Gasteiger partial charge in [0, 0.05) is 13.8 Å². The van der Waals surface area contributed by atoms with Crippen molar-refractivity contribution in [3.63, 3.8) is 0 Å². The second kappa shape index (κ2) is 7.74. The summed E-state index contributed by atoms with van der Waals surface area (Å²) in [5, 5.41) is 5.89. The predicted molar refractivity (Wildman–Crippen MR) is 95.7 cm³/mol. The number of rotatable bonds is 6. The van der Waals surface area contributed by atoms with Crippen LogP contribution in [0.15, 0.2) is 38.6 Å². The predicted octanol–water partition coefficient (Wildman–Crippen LogP) is 5.92. The van der Waals surface area contributed by atoms with Gasteiger partial charge in [-0.05, 0) is 60.2 Å². The summed E-state index contributed by atoms with van der Waals surface area (Å²) in [5.41, 5.74) is 2.74. The third-order valence-corrected chi connectivity index (χ3v) is 5.53. The monoisotopic (exact) mass is 415 g/mol. The maximum absolute atomic E-state index is 3.70. The van der Waals surface area contributed by atoms with E-state index in [0.29, 0.717) is 0 Å². The van der Waals surface area contributed by atoms with Crippen molar-refractivity contribution in [2.45, 2.75) is 32.7 Å². The van der Waals surface area contributed by atoms with Gasteiger partial charge in [0.1, 0.15) is 0 Å². The summed E-state index contributed by atoms with van der Waals surface area (Å²) in [4.78, 5) is 1.43. The summed E-state index contributed by atoms with van der Waals surface area (Å²) >= 11 is 9.13. The summed E-state index contributed by atoms with van der Waals surface area (Å²) in [5.74, 6) is 0. The van der Waals surface area contributed by atoms with Crippen LogP contribution in [-0.2, 0) is 6.42 Å². The van der Waals surface area contributed by atoms with E-state index in [2.05, 4.69) is 80.7 Å². The van der Waals surface area contributed by atoms with Crippen molar-refractivity contribution in [2.75, 3.05) is 6.54 Å². The first kappa shape index (κ1) is 16.2. The van der Waals surface area contributed by atoms with Crippen LogP contribution in [-0.4, -0.2) is 6.54 Å². The molecule has 108 valence electrons. The van der Waals surface area contributed by atoms with Crippen molar-refractivity contribution < 1.29 is 0 Å². The highest BCUT2D eigenvalue weighted by Gasteiger charge is 2.20. The van der Waals surface area contributed by atoms with Gasteiger partial charge in [0.25, 0.3) is 0 Å². The molecule has 0 saturated carbocycles. The van der Waals surface area contributed by atoms with Gasteiger partial charge >= 0.3 is 0 Å². The Balaban J connectivity index is 2.44. The fourth-order valence-electron chi connectivity index (χ4n) is 2.26. The second-order valence-corrected chi connectivity index (χ2v) is 7.43. The lowest BCUT2D eigenvalue weighted by Gasteiger charge is -2.21. The van der Waals surface area contributed by atoms with Crippen molar-refractivity contribution in [3.8, 4) is 0 Å². The first-order chi connectivity index (χ1) is 9.67. The number of halogens is 2. The van der Waals surface area contributed by atoms with E-state index in [9.17, 15) is 0 Å². The van der Waals surface area contributed by atoms with Crippen molar-refractivity contribution >= 4 is 43.2 Å². The van der Waals surface area contributed by atoms with E-state index in [0.717, 1.165) is 28.3 Å². The molecule has 1 nitrogen and oxygen atoms in total. The van der Waals surface area contributed by atoms with Crippen molar-refractivity contribution in [2.24, 2.45) is 0 Å². The Morgan fingerprint density at radius 3 is 2.70 bits per heavy atom. The SMILES string of the molecule is CCCNC(c1cc(Br)ccc1Br)c1sccc1CC. The van der Waals surface area contributed by atoms with Crippen LogP contribution < -0.4 is 5.32 Å². The number of thiophene rings is 1. The van der Waals surface area contributed by atoms with Gasteiger partial charge in [-0.25, -0.2) is 0 Å². The zero-order valence-electron chi connectivity index (χ0n) is 11.7. The molecule has 0 aliphatic carbocycles. The topological polar surface area (TPSA) is 12.0 Å². The van der Waals surface area contributed by atoms with E-state index in [1.807, 2.05) is 11.3 Å². The molecule has 1 aromatic heterocycles. The van der Waals surface area contributed by atoms with Gasteiger partial charge in [0.2, 0.25) is 0 Å². The Morgan fingerprint density at radius 1 is 1.20 bits per heavy atom. The minimum atomic E-state index is 0.261. The molecule has 0 aliphatic rings. The van der Waals surface area contributed by atoms with Crippen LogP contribution in [0, 0.1) is 0 Å². The Kier molecular flexibility index (Phi) is 6.27. The normalized spacial score (nSPS) is 12.6. The number of hydrogen-bond acceptors (Lipinski definition) is 2. The van der Waals surface area contributed by atoms with E-state index in [4.69, 9.17) is 0 Å². The van der Waals surface area contributed by atoms with E-state index >= 15 is 0 Å². The highest BCUT2D eigenvalue weighted by atomic mass is 79.9. The number of hydrogen-bond donors (Lipinski definition) is 1. The third-order valence-electron chi connectivity index (χ3n) is 3.29. The Morgan fingerprint density at radius 2 is 2.00 bits per heavy atom. The summed E-state index contributed by atoms with van der Waals surface area (Å²) < 4.78 is 2.28. The Labute approximate surface area is 142 Å². The summed E-state index contributed by atoms with van der Waals surface area (Å²) in [6.07, 6.45) is 2.21. The fourth-order valence-corrected chi connectivity index (χ4v) is 4.20. The van der Waals surface area contributed by atoms with Crippen LogP contribution >= 0.6 is 43.2 Å². The minimum absolute atomic E-state index is 0.261. The standard InChI is InChI=1S/C16H19Br2NS/c1-3-8-19-15(16-11(4-2)7-9-20-16)13-10-12(17)5-6-14(13)18/h5-7,9-10,15,19H,3-4,8H2,1-2H3. The molecule has 0 amide bonds. The third kappa shape index (κ3) is 3.73. The smallest absolute Gasteiger partial charge is 0.0685 e. The Bertz CT molecular complexity index is 565. The van der Waals surface area contributed by atoms with Crippen LogP contribution in [0.2, 0.25) is 0 Å². The fraction of sp³-hybridized carbons (Fsp3) is 0.375. The molecule has 2 aromatic rings. The molecule has 4 heteroatoms. The van der Waals surface area contributed by atoms with Gasteiger partial charge in [-0.3, -0.25) is 0 Å². The average molecular weight is 417 g/mol. The number of benzene rings is 1. The maximum atomic E-state index is 3.70. The van der Waals surface area contributed by atoms with Gasteiger partial charge in [-0.1, -0.05) is 45.7 Å². The zero-order valence-corrected chi connectivity index (χ0v) is 15.7. The lowest BCUT2D eigenvalue weighted by molar-refractivity contribution is 0.600. The summed E-state index contributed by atoms with van der Waals surface area (Å²) in [7, 11) is 0. The summed E-state index contributed by atoms with van der Waals surface area (Å²) in [6.45, 7) is 5.44. The van der Waals surface area contributed by atoms with Crippen molar-refractivity contribution in [1.29, 1.82) is 0 Å². The molecule has 0 fully saturated rings. The lowest BCUT2D eigenvalue weighted by atomic mass is 10.0. The number of nitrogens with one attached hydrogen (secondary N) is 1. The minimum Gasteiger partial charge on any atom is -0.306 e. The molecule has 1 atom stereocenters. The molecular formula is C16H19Br2NS. The first-order valence-corrected chi connectivity index (χ1v) is 9.38. The van der Waals surface area contributed by atoms with Gasteiger partial charge < -0.3 is 5.32 Å². The highest BCUT2D eigenvalue weighted by Crippen LogP contribution is 2.35. The molecule has 1 heterocycles. The van der Waals surface area contributed by atoms with Crippen molar-refractivity contribution in [3.05, 3.63) is 54.6 Å². The van der Waals surface area contributed by atoms with Gasteiger partial charge in [-0.2, -0.15) is 0 Å². The van der Waals surface area contributed by atoms with E-state index in [1.54, 1.807) is 0 Å². The van der Waals surface area contributed by atoms with Gasteiger partial charge in [0.05, 0.1) is 6.04 Å². The molecule has 1 N–H and O–H groups in total. The number of aryl methyl sites for hydroxylation is 1. The first-order valence-electron chi connectivity index (χ1n) is 6.92. The van der Waals surface area contributed by atoms with E-state index < -0.39 is 0 Å². The molecule has 1 unspecified atom stereocenters. The zero-order chi connectivity index (χ0) is 14.5. The van der Waals surface area contributed by atoms with Crippen LogP contribution in [0.4, 0.5) is 0 Å². The average Bonchev–Trinajstić information content (AvgIpc) is 2.91. The Hall–Kier alpha value is -0.160. The molecule has 0 radical (unpaired) electrons. The van der Waals surface area contributed by atoms with Crippen LogP contribution in [0.3, 0.4) is 0 Å². The molecule has 1 aromatic carbocycles. The molecule has 0 spiro atoms. The quantitative estimate of drug-likeness (QED) is 0.615. The van der Waals surface area contributed by atoms with E-state index in [-0.39, 0.29) is 6.04 Å². The van der Waals surface area contributed by atoms with Crippen molar-refractivity contribution in [1.82, 2.24) is 5.32 Å². The molecule has 20 heavy (non-hydrogen) atoms. The lowest BCUT2D eigenvalue weighted by Crippen LogP contribution is -2.23. The van der Waals surface area contributed by atoms with E-state index in [1.165, 1.54) is 16.0 Å². The van der Waals surface area contributed by atoms with Crippen LogP contribution in [0.5, 0.6) is 0 Å². The second-order valence-electron chi connectivity index (χ2n) is 4.72. The largest absolute Gasteiger partial charge is 0.306 e. The van der Waals surface area contributed by atoms with Gasteiger partial charge in [-0.15, -0.1) is 11.3 Å². The molecular weight excluding hydrogens is 398 g/mol.